The first-order chi connectivity index (χ1) is 10.4. The molecule has 3 aliphatic rings. The average molecular weight is 305 g/mol. The van der Waals surface area contributed by atoms with E-state index in [1.165, 1.54) is 64.5 Å². The highest BCUT2D eigenvalue weighted by Crippen LogP contribution is 2.38. The summed E-state index contributed by atoms with van der Waals surface area (Å²) in [6.45, 7) is 2.68. The van der Waals surface area contributed by atoms with E-state index in [-0.39, 0.29) is 0 Å². The fourth-order valence-electron chi connectivity index (χ4n) is 4.84. The lowest BCUT2D eigenvalue weighted by atomic mass is 9.92. The van der Waals surface area contributed by atoms with Crippen molar-refractivity contribution in [2.45, 2.75) is 69.5 Å². The second-order valence-corrected chi connectivity index (χ2v) is 8.24. The Morgan fingerprint density at radius 3 is 2.81 bits per heavy atom. The van der Waals surface area contributed by atoms with E-state index in [1.807, 2.05) is 11.3 Å². The minimum Gasteiger partial charge on any atom is -0.306 e. The molecule has 0 amide bonds. The van der Waals surface area contributed by atoms with Crippen LogP contribution >= 0.6 is 11.3 Å². The number of nitrogens with one attached hydrogen (secondary N) is 1. The minimum atomic E-state index is 0.630. The molecule has 3 fully saturated rings. The molecule has 3 unspecified atom stereocenters. The quantitative estimate of drug-likeness (QED) is 0.897. The number of hydrogen-bond donors (Lipinski definition) is 1. The molecule has 3 heterocycles. The van der Waals surface area contributed by atoms with Gasteiger partial charge >= 0.3 is 0 Å². The molecule has 1 aromatic rings. The fraction of sp³-hybridized carbons (Fsp3) is 0.778. The SMILES string of the molecule is c1csc(C(NC2CCN3CCCC3C2)C2CCCC2)c1. The van der Waals surface area contributed by atoms with Gasteiger partial charge in [-0.05, 0) is 69.0 Å². The molecule has 2 saturated heterocycles. The van der Waals surface area contributed by atoms with E-state index in [0.29, 0.717) is 6.04 Å². The zero-order valence-electron chi connectivity index (χ0n) is 13.0. The second-order valence-electron chi connectivity index (χ2n) is 7.26. The third-order valence-corrected chi connectivity index (χ3v) is 6.91. The summed E-state index contributed by atoms with van der Waals surface area (Å²) in [5, 5.41) is 6.35. The van der Waals surface area contributed by atoms with Gasteiger partial charge in [-0.1, -0.05) is 18.9 Å². The van der Waals surface area contributed by atoms with Gasteiger partial charge in [-0.25, -0.2) is 0 Å². The summed E-state index contributed by atoms with van der Waals surface area (Å²) in [6, 6.07) is 6.83. The predicted octanol–water partition coefficient (Wildman–Crippen LogP) is 4.20. The molecule has 0 spiro atoms. The summed E-state index contributed by atoms with van der Waals surface area (Å²) >= 11 is 1.95. The van der Waals surface area contributed by atoms with Crippen LogP contribution in [0.3, 0.4) is 0 Å². The Morgan fingerprint density at radius 1 is 1.10 bits per heavy atom. The molecular formula is C18H28N2S. The highest BCUT2D eigenvalue weighted by atomic mass is 32.1. The van der Waals surface area contributed by atoms with E-state index >= 15 is 0 Å². The lowest BCUT2D eigenvalue weighted by molar-refractivity contribution is 0.154. The van der Waals surface area contributed by atoms with E-state index in [0.717, 1.165) is 18.0 Å². The van der Waals surface area contributed by atoms with Gasteiger partial charge in [-0.3, -0.25) is 0 Å². The Balaban J connectivity index is 1.44. The summed E-state index contributed by atoms with van der Waals surface area (Å²) in [5.74, 6) is 0.880. The topological polar surface area (TPSA) is 15.3 Å². The number of piperidine rings is 1. The summed E-state index contributed by atoms with van der Waals surface area (Å²) in [5.41, 5.74) is 0. The van der Waals surface area contributed by atoms with Gasteiger partial charge in [0.05, 0.1) is 0 Å². The third kappa shape index (κ3) is 3.06. The van der Waals surface area contributed by atoms with Crippen molar-refractivity contribution in [1.29, 1.82) is 0 Å². The zero-order valence-corrected chi connectivity index (χ0v) is 13.8. The molecule has 116 valence electrons. The predicted molar refractivity (Wildman–Crippen MR) is 89.8 cm³/mol. The van der Waals surface area contributed by atoms with Gasteiger partial charge in [0.2, 0.25) is 0 Å². The van der Waals surface area contributed by atoms with Crippen LogP contribution in [0.15, 0.2) is 17.5 Å². The van der Waals surface area contributed by atoms with Crippen LogP contribution in [0, 0.1) is 5.92 Å². The largest absolute Gasteiger partial charge is 0.306 e. The molecule has 1 aliphatic carbocycles. The molecule has 21 heavy (non-hydrogen) atoms. The minimum absolute atomic E-state index is 0.630. The van der Waals surface area contributed by atoms with E-state index in [2.05, 4.69) is 27.7 Å². The van der Waals surface area contributed by atoms with Crippen LogP contribution in [0.2, 0.25) is 0 Å². The molecule has 2 aliphatic heterocycles. The van der Waals surface area contributed by atoms with Gasteiger partial charge in [0.1, 0.15) is 0 Å². The van der Waals surface area contributed by atoms with Crippen LogP contribution in [0.5, 0.6) is 0 Å². The molecule has 1 N–H and O–H groups in total. The molecule has 3 heteroatoms. The van der Waals surface area contributed by atoms with Crippen LogP contribution in [0.1, 0.15) is 62.3 Å². The first-order valence-corrected chi connectivity index (χ1v) is 9.81. The van der Waals surface area contributed by atoms with Crippen molar-refractivity contribution in [2.75, 3.05) is 13.1 Å². The van der Waals surface area contributed by atoms with Crippen LogP contribution in [-0.2, 0) is 0 Å². The monoisotopic (exact) mass is 304 g/mol. The molecule has 0 aromatic carbocycles. The van der Waals surface area contributed by atoms with Crippen molar-refractivity contribution < 1.29 is 0 Å². The molecular weight excluding hydrogens is 276 g/mol. The molecule has 2 nitrogen and oxygen atoms in total. The van der Waals surface area contributed by atoms with E-state index in [1.54, 1.807) is 4.88 Å². The Kier molecular flexibility index (Phi) is 4.33. The molecule has 3 atom stereocenters. The molecule has 1 aromatic heterocycles. The molecule has 0 radical (unpaired) electrons. The van der Waals surface area contributed by atoms with Crippen LogP contribution in [0.4, 0.5) is 0 Å². The first kappa shape index (κ1) is 14.2. The number of rotatable bonds is 4. The average Bonchev–Trinajstić information content (AvgIpc) is 3.24. The fourth-order valence-corrected chi connectivity index (χ4v) is 5.72. The highest BCUT2D eigenvalue weighted by molar-refractivity contribution is 7.10. The number of nitrogens with zero attached hydrogens (tertiary/aromatic N) is 1. The summed E-state index contributed by atoms with van der Waals surface area (Å²) in [7, 11) is 0. The van der Waals surface area contributed by atoms with Crippen molar-refractivity contribution in [2.24, 2.45) is 5.92 Å². The number of hydrogen-bond acceptors (Lipinski definition) is 3. The standard InChI is InChI=1S/C18H28N2S/c1-2-6-14(5-1)18(17-8-4-12-21-17)19-15-9-11-20-10-3-7-16(20)13-15/h4,8,12,14-16,18-19H,1-3,5-7,9-11,13H2. The van der Waals surface area contributed by atoms with Crippen LogP contribution in [-0.4, -0.2) is 30.1 Å². The van der Waals surface area contributed by atoms with Crippen LogP contribution in [0.25, 0.3) is 0 Å². The van der Waals surface area contributed by atoms with E-state index in [9.17, 15) is 0 Å². The first-order valence-electron chi connectivity index (χ1n) is 8.93. The third-order valence-electron chi connectivity index (χ3n) is 5.96. The molecule has 1 saturated carbocycles. The lowest BCUT2D eigenvalue weighted by Gasteiger charge is -2.38. The maximum Gasteiger partial charge on any atom is 0.0445 e. The summed E-state index contributed by atoms with van der Waals surface area (Å²) < 4.78 is 0. The lowest BCUT2D eigenvalue weighted by Crippen LogP contribution is -2.47. The van der Waals surface area contributed by atoms with Gasteiger partial charge < -0.3 is 10.2 Å². The summed E-state index contributed by atoms with van der Waals surface area (Å²) in [4.78, 5) is 4.31. The Bertz CT molecular complexity index is 438. The Labute approximate surface area is 132 Å². The van der Waals surface area contributed by atoms with Crippen molar-refractivity contribution in [1.82, 2.24) is 10.2 Å². The summed E-state index contributed by atoms with van der Waals surface area (Å²) in [6.07, 6.45) is 11.3. The maximum absolute atomic E-state index is 4.10. The maximum atomic E-state index is 4.10. The Hall–Kier alpha value is -0.380. The smallest absolute Gasteiger partial charge is 0.0445 e. The van der Waals surface area contributed by atoms with Crippen molar-refractivity contribution in [3.8, 4) is 0 Å². The molecule has 0 bridgehead atoms. The second kappa shape index (κ2) is 6.39. The van der Waals surface area contributed by atoms with Crippen molar-refractivity contribution in [3.05, 3.63) is 22.4 Å². The van der Waals surface area contributed by atoms with Crippen molar-refractivity contribution in [3.63, 3.8) is 0 Å². The van der Waals surface area contributed by atoms with Crippen molar-refractivity contribution >= 4 is 11.3 Å². The Morgan fingerprint density at radius 2 is 2.00 bits per heavy atom. The van der Waals surface area contributed by atoms with E-state index in [4.69, 9.17) is 0 Å². The number of fused-ring (bicyclic) bond motifs is 1. The van der Waals surface area contributed by atoms with Gasteiger partial charge in [0.25, 0.3) is 0 Å². The van der Waals surface area contributed by atoms with E-state index < -0.39 is 0 Å². The van der Waals surface area contributed by atoms with Gasteiger partial charge in [0, 0.05) is 23.0 Å². The van der Waals surface area contributed by atoms with Gasteiger partial charge in [-0.15, -0.1) is 11.3 Å². The molecule has 4 rings (SSSR count). The normalized spacial score (nSPS) is 32.4. The number of thiophene rings is 1. The van der Waals surface area contributed by atoms with Crippen LogP contribution < -0.4 is 5.32 Å². The van der Waals surface area contributed by atoms with Gasteiger partial charge in [0.15, 0.2) is 0 Å². The highest BCUT2D eigenvalue weighted by Gasteiger charge is 2.34. The zero-order chi connectivity index (χ0) is 14.1. The van der Waals surface area contributed by atoms with Gasteiger partial charge in [-0.2, -0.15) is 0 Å².